The minimum Gasteiger partial charge on any atom is -0.458 e. The van der Waals surface area contributed by atoms with Gasteiger partial charge in [-0.2, -0.15) is 0 Å². The average Bonchev–Trinajstić information content (AvgIpc) is 4.28. The molecular formula is C67H110O11. The molecule has 0 spiro atoms. The summed E-state index contributed by atoms with van der Waals surface area (Å²) in [5.74, 6) is 1.33. The minimum atomic E-state index is -1.23. The van der Waals surface area contributed by atoms with Crippen LogP contribution < -0.4 is 0 Å². The fourth-order valence-electron chi connectivity index (χ4n) is 11.0. The van der Waals surface area contributed by atoms with Crippen molar-refractivity contribution in [1.82, 2.24) is 0 Å². The zero-order valence-electron chi connectivity index (χ0n) is 52.6. The van der Waals surface area contributed by atoms with Gasteiger partial charge in [-0.05, 0) is 129 Å². The lowest BCUT2D eigenvalue weighted by Crippen LogP contribution is -2.41. The number of hydrogen-bond donors (Lipinski definition) is 1. The average molecular weight is 1090 g/mol. The van der Waals surface area contributed by atoms with Crippen LogP contribution in [0.25, 0.3) is 0 Å². The highest BCUT2D eigenvalue weighted by molar-refractivity contribution is 5.71. The molecule has 444 valence electrons. The predicted octanol–water partition coefficient (Wildman–Crippen LogP) is 15.2. The van der Waals surface area contributed by atoms with Gasteiger partial charge in [0, 0.05) is 43.9 Å². The summed E-state index contributed by atoms with van der Waals surface area (Å²) in [5, 5.41) is 11.1. The van der Waals surface area contributed by atoms with Gasteiger partial charge < -0.3 is 33.5 Å². The smallest absolute Gasteiger partial charge is 0.306 e. The Balaban J connectivity index is 0.000000410. The molecule has 4 aliphatic heterocycles. The number of cyclic esters (lactones) is 2. The first-order valence-corrected chi connectivity index (χ1v) is 30.0. The second kappa shape index (κ2) is 30.3. The third kappa shape index (κ3) is 23.0. The largest absolute Gasteiger partial charge is 0.458 e. The third-order valence-corrected chi connectivity index (χ3v) is 17.6. The van der Waals surface area contributed by atoms with Gasteiger partial charge in [0.2, 0.25) is 0 Å². The molecule has 4 rings (SSSR count). The van der Waals surface area contributed by atoms with Gasteiger partial charge in [-0.1, -0.05) is 172 Å². The molecule has 2 fully saturated rings. The van der Waals surface area contributed by atoms with Crippen molar-refractivity contribution in [3.05, 3.63) is 71.9 Å². The lowest BCUT2D eigenvalue weighted by molar-refractivity contribution is -0.156. The van der Waals surface area contributed by atoms with Crippen molar-refractivity contribution in [3.8, 4) is 0 Å². The third-order valence-electron chi connectivity index (χ3n) is 17.6. The predicted molar refractivity (Wildman–Crippen MR) is 315 cm³/mol. The van der Waals surface area contributed by atoms with E-state index in [1.54, 1.807) is 13.0 Å². The summed E-state index contributed by atoms with van der Waals surface area (Å²) in [6.45, 7) is 43.5. The van der Waals surface area contributed by atoms with Crippen molar-refractivity contribution in [1.29, 1.82) is 0 Å². The Morgan fingerprint density at radius 2 is 1.01 bits per heavy atom. The Morgan fingerprint density at radius 1 is 0.641 bits per heavy atom. The molecule has 0 radical (unpaired) electrons. The number of carbonyl (C=O) groups is 4. The molecule has 0 aromatic carbocycles. The summed E-state index contributed by atoms with van der Waals surface area (Å²) in [4.78, 5) is 49.3. The molecule has 4 heterocycles. The normalized spacial score (nSPS) is 34.1. The van der Waals surface area contributed by atoms with Gasteiger partial charge >= 0.3 is 23.9 Å². The highest BCUT2D eigenvalue weighted by Gasteiger charge is 2.47. The molecule has 1 N–H and O–H groups in total. The number of allylic oxidation sites excluding steroid dienone is 6. The maximum absolute atomic E-state index is 12.9. The summed E-state index contributed by atoms with van der Waals surface area (Å²) in [6.07, 6.45) is 27.4. The lowest BCUT2D eigenvalue weighted by atomic mass is 9.78. The number of esters is 4. The van der Waals surface area contributed by atoms with E-state index < -0.39 is 23.8 Å². The van der Waals surface area contributed by atoms with E-state index in [2.05, 4.69) is 127 Å². The van der Waals surface area contributed by atoms with E-state index in [4.69, 9.17) is 28.4 Å². The molecule has 0 aromatic rings. The van der Waals surface area contributed by atoms with E-state index in [1.165, 1.54) is 26.7 Å². The summed E-state index contributed by atoms with van der Waals surface area (Å²) >= 11 is 0. The second-order valence-electron chi connectivity index (χ2n) is 27.1. The lowest BCUT2D eigenvalue weighted by Gasteiger charge is -2.34. The summed E-state index contributed by atoms with van der Waals surface area (Å²) < 4.78 is 35.3. The molecule has 0 aromatic heterocycles. The first kappa shape index (κ1) is 68.5. The van der Waals surface area contributed by atoms with Crippen molar-refractivity contribution in [3.63, 3.8) is 0 Å². The molecule has 78 heavy (non-hydrogen) atoms. The van der Waals surface area contributed by atoms with Gasteiger partial charge in [0.15, 0.2) is 0 Å². The maximum Gasteiger partial charge on any atom is 0.306 e. The zero-order valence-corrected chi connectivity index (χ0v) is 52.6. The first-order chi connectivity index (χ1) is 36.1. The number of aliphatic hydroxyl groups is 1. The van der Waals surface area contributed by atoms with Crippen LogP contribution >= 0.6 is 0 Å². The van der Waals surface area contributed by atoms with E-state index in [0.717, 1.165) is 36.8 Å². The van der Waals surface area contributed by atoms with E-state index in [0.29, 0.717) is 67.3 Å². The number of epoxide rings is 2. The van der Waals surface area contributed by atoms with Crippen LogP contribution in [-0.2, 0) is 47.6 Å². The van der Waals surface area contributed by atoms with Gasteiger partial charge in [-0.25, -0.2) is 0 Å². The topological polar surface area (TPSA) is 150 Å². The van der Waals surface area contributed by atoms with E-state index in [-0.39, 0.29) is 76.5 Å². The van der Waals surface area contributed by atoms with Crippen molar-refractivity contribution in [2.75, 3.05) is 0 Å². The molecule has 2 saturated heterocycles. The monoisotopic (exact) mass is 1090 g/mol. The molecule has 0 aliphatic carbocycles. The van der Waals surface area contributed by atoms with Gasteiger partial charge in [0.1, 0.15) is 30.0 Å². The van der Waals surface area contributed by atoms with Gasteiger partial charge in [0.25, 0.3) is 0 Å². The molecule has 4 aliphatic rings. The SMILES string of the molecule is CCC(C)C(C)C1OC1CC(C)(C)/C=C/C=C(\C)C1OC(=O)CC(C)CCC(C)(C)C(OC(C)=O)/C=C/C1C.CCC(C)C(C)C1OC1CC(C)(C)/C=C/C=C(\C)C1OC(=O)CC(C)CCC(C)(O)C(OC(C)=O)/C=C/C1C. The first-order valence-electron chi connectivity index (χ1n) is 30.0. The van der Waals surface area contributed by atoms with Crippen LogP contribution in [0.5, 0.6) is 0 Å². The van der Waals surface area contributed by atoms with Crippen molar-refractivity contribution in [2.24, 2.45) is 63.6 Å². The highest BCUT2D eigenvalue weighted by Crippen LogP contribution is 2.43. The molecule has 11 heteroatoms. The Labute approximate surface area is 474 Å². The number of hydrogen-bond acceptors (Lipinski definition) is 11. The molecule has 17 atom stereocenters. The van der Waals surface area contributed by atoms with Crippen LogP contribution in [0.2, 0.25) is 0 Å². The summed E-state index contributed by atoms with van der Waals surface area (Å²) in [7, 11) is 0. The number of rotatable bonds is 18. The molecular weight excluding hydrogens is 981 g/mol. The van der Waals surface area contributed by atoms with Crippen LogP contribution in [0, 0.1) is 63.6 Å². The van der Waals surface area contributed by atoms with Crippen LogP contribution in [0.3, 0.4) is 0 Å². The highest BCUT2D eigenvalue weighted by atomic mass is 16.6. The van der Waals surface area contributed by atoms with E-state index >= 15 is 0 Å². The molecule has 17 unspecified atom stereocenters. The minimum absolute atomic E-state index is 0.00166. The Bertz CT molecular complexity index is 1970. The standard InChI is InChI=1S/C34H56O5.C33H54O6/c1-12-23(3)26(6)32-28(38-32)21-33(8,9)18-13-14-24(4)31-25(5)15-16-29(37-27(7)35)34(10,11)19-17-22(2)20-30(36)39-31;1-11-22(3)25(6)31-27(38-31)20-32(8,9)17-12-13-23(4)30-24(5)14-15-28(37-26(7)34)33(10,36)18-16-21(2)19-29(35)39-30/h13-16,18,22-23,25-26,28-29,31-32H,12,17,19-21H2,1-11H3;12-15,17,21-22,24-25,27-28,30-31,36H,11,16,18-20H2,1-10H3/b16-15+,18-13+,24-14+;15-14+,17-12+,23-13+. The Morgan fingerprint density at radius 3 is 1.40 bits per heavy atom. The van der Waals surface area contributed by atoms with Gasteiger partial charge in [-0.3, -0.25) is 19.2 Å². The molecule has 0 saturated carbocycles. The molecule has 0 amide bonds. The van der Waals surface area contributed by atoms with Crippen molar-refractivity contribution >= 4 is 23.9 Å². The van der Waals surface area contributed by atoms with Crippen molar-refractivity contribution < 1.29 is 52.7 Å². The van der Waals surface area contributed by atoms with E-state index in [1.807, 2.05) is 52.0 Å². The Kier molecular flexibility index (Phi) is 26.6. The van der Waals surface area contributed by atoms with Gasteiger partial charge in [0.05, 0.1) is 24.4 Å². The fraction of sp³-hybridized carbons (Fsp3) is 0.761. The molecule has 0 bridgehead atoms. The second-order valence-corrected chi connectivity index (χ2v) is 27.1. The van der Waals surface area contributed by atoms with Crippen LogP contribution in [0.15, 0.2) is 71.9 Å². The fourth-order valence-corrected chi connectivity index (χ4v) is 11.0. The van der Waals surface area contributed by atoms with Gasteiger partial charge in [-0.15, -0.1) is 0 Å². The van der Waals surface area contributed by atoms with Crippen molar-refractivity contribution in [2.45, 2.75) is 264 Å². The van der Waals surface area contributed by atoms with E-state index in [9.17, 15) is 24.3 Å². The zero-order chi connectivity index (χ0) is 59.1. The van der Waals surface area contributed by atoms with Crippen LogP contribution in [0.4, 0.5) is 0 Å². The van der Waals surface area contributed by atoms with Crippen LogP contribution in [-0.4, -0.2) is 83.4 Å². The number of ether oxygens (including phenoxy) is 6. The quantitative estimate of drug-likeness (QED) is 0.0459. The Hall–Kier alpha value is -3.80. The maximum atomic E-state index is 12.9. The number of carbonyl (C=O) groups excluding carboxylic acids is 4. The summed E-state index contributed by atoms with van der Waals surface area (Å²) in [6, 6.07) is 0. The molecule has 11 nitrogen and oxygen atoms in total. The van der Waals surface area contributed by atoms with Crippen LogP contribution in [0.1, 0.15) is 210 Å². The summed E-state index contributed by atoms with van der Waals surface area (Å²) in [5.41, 5.74) is 0.428.